The molecule has 5 nitrogen and oxygen atoms in total. The number of aromatic nitrogens is 3. The first-order valence-corrected chi connectivity index (χ1v) is 9.06. The molecule has 1 fully saturated rings. The van der Waals surface area contributed by atoms with Crippen LogP contribution >= 0.6 is 11.6 Å². The number of benzene rings is 1. The van der Waals surface area contributed by atoms with Crippen LogP contribution in [0.15, 0.2) is 30.5 Å². The molecule has 1 saturated carbocycles. The smallest absolute Gasteiger partial charge is 0.336 e. The van der Waals surface area contributed by atoms with Gasteiger partial charge in [0, 0.05) is 29.6 Å². The molecule has 0 unspecified atom stereocenters. The van der Waals surface area contributed by atoms with Crippen LogP contribution in [0.1, 0.15) is 40.2 Å². The molecule has 1 aromatic carbocycles. The SMILES string of the molecule is O=C(O)c1ccnc2c1CC(c1c3ccc(Cl)cc3nn1CC1CC1)=C2. The summed E-state index contributed by atoms with van der Waals surface area (Å²) in [4.78, 5) is 15.9. The van der Waals surface area contributed by atoms with Crippen molar-refractivity contribution in [1.82, 2.24) is 14.8 Å². The largest absolute Gasteiger partial charge is 0.478 e. The van der Waals surface area contributed by atoms with Crippen LogP contribution in [-0.4, -0.2) is 25.8 Å². The second-order valence-corrected chi connectivity index (χ2v) is 7.45. The lowest BCUT2D eigenvalue weighted by molar-refractivity contribution is 0.0695. The maximum absolute atomic E-state index is 11.5. The second kappa shape index (κ2) is 5.68. The van der Waals surface area contributed by atoms with E-state index in [4.69, 9.17) is 16.7 Å². The van der Waals surface area contributed by atoms with Crippen LogP contribution in [0, 0.1) is 5.92 Å². The zero-order valence-electron chi connectivity index (χ0n) is 13.9. The molecule has 0 aliphatic heterocycles. The van der Waals surface area contributed by atoms with Gasteiger partial charge in [0.1, 0.15) is 0 Å². The number of hydrogen-bond donors (Lipinski definition) is 1. The highest BCUT2D eigenvalue weighted by Gasteiger charge is 2.28. The van der Waals surface area contributed by atoms with E-state index in [1.807, 2.05) is 24.3 Å². The molecule has 3 aromatic rings. The highest BCUT2D eigenvalue weighted by Crippen LogP contribution is 2.38. The number of carboxylic acids is 1. The van der Waals surface area contributed by atoms with E-state index in [0.29, 0.717) is 22.9 Å². The average Bonchev–Trinajstić information content (AvgIpc) is 3.20. The van der Waals surface area contributed by atoms with Gasteiger partial charge in [0.25, 0.3) is 0 Å². The van der Waals surface area contributed by atoms with Crippen LogP contribution in [0.2, 0.25) is 5.02 Å². The molecule has 2 aliphatic rings. The number of fused-ring (bicyclic) bond motifs is 2. The van der Waals surface area contributed by atoms with Crippen molar-refractivity contribution in [3.63, 3.8) is 0 Å². The Labute approximate surface area is 154 Å². The van der Waals surface area contributed by atoms with Crippen molar-refractivity contribution >= 4 is 40.1 Å². The third kappa shape index (κ3) is 2.51. The monoisotopic (exact) mass is 365 g/mol. The quantitative estimate of drug-likeness (QED) is 0.748. The maximum atomic E-state index is 11.5. The number of hydrogen-bond acceptors (Lipinski definition) is 3. The number of nitrogens with zero attached hydrogens (tertiary/aromatic N) is 3. The Morgan fingerprint density at radius 2 is 2.15 bits per heavy atom. The normalized spacial score (nSPS) is 16.0. The van der Waals surface area contributed by atoms with Crippen molar-refractivity contribution in [3.8, 4) is 0 Å². The Morgan fingerprint density at radius 3 is 2.92 bits per heavy atom. The molecule has 130 valence electrons. The van der Waals surface area contributed by atoms with E-state index in [2.05, 4.69) is 9.67 Å². The minimum Gasteiger partial charge on any atom is -0.478 e. The molecule has 26 heavy (non-hydrogen) atoms. The zero-order valence-corrected chi connectivity index (χ0v) is 14.7. The third-order valence-corrected chi connectivity index (χ3v) is 5.37. The van der Waals surface area contributed by atoms with Gasteiger partial charge >= 0.3 is 5.97 Å². The maximum Gasteiger partial charge on any atom is 0.336 e. The van der Waals surface area contributed by atoms with Crippen molar-refractivity contribution in [1.29, 1.82) is 0 Å². The molecule has 0 spiro atoms. The van der Waals surface area contributed by atoms with E-state index in [1.54, 1.807) is 12.3 Å². The molecule has 2 aromatic heterocycles. The third-order valence-electron chi connectivity index (χ3n) is 5.13. The highest BCUT2D eigenvalue weighted by atomic mass is 35.5. The number of rotatable bonds is 4. The Balaban J connectivity index is 1.65. The van der Waals surface area contributed by atoms with Gasteiger partial charge in [-0.15, -0.1) is 0 Å². The number of carbonyl (C=O) groups is 1. The lowest BCUT2D eigenvalue weighted by atomic mass is 10.0. The molecule has 0 amide bonds. The fourth-order valence-corrected chi connectivity index (χ4v) is 3.87. The Morgan fingerprint density at radius 1 is 1.31 bits per heavy atom. The molecule has 6 heteroatoms. The number of allylic oxidation sites excluding steroid dienone is 1. The first kappa shape index (κ1) is 15.6. The Hall–Kier alpha value is -2.66. The summed E-state index contributed by atoms with van der Waals surface area (Å²) in [7, 11) is 0. The highest BCUT2D eigenvalue weighted by molar-refractivity contribution is 6.31. The van der Waals surface area contributed by atoms with E-state index < -0.39 is 5.97 Å². The van der Waals surface area contributed by atoms with Gasteiger partial charge in [-0.3, -0.25) is 9.67 Å². The molecule has 0 atom stereocenters. The summed E-state index contributed by atoms with van der Waals surface area (Å²) >= 11 is 6.15. The van der Waals surface area contributed by atoms with Gasteiger partial charge in [-0.25, -0.2) is 4.79 Å². The van der Waals surface area contributed by atoms with Crippen LogP contribution in [0.25, 0.3) is 22.6 Å². The minimum absolute atomic E-state index is 0.321. The standard InChI is InChI=1S/C20H16ClN3O2/c21-13-3-4-15-18(9-13)23-24(10-11-1-2-11)19(15)12-7-16-14(20(25)26)5-6-22-17(16)8-12/h3-6,8-9,11H,1-2,7,10H2,(H,25,26). The second-order valence-electron chi connectivity index (χ2n) is 7.01. The summed E-state index contributed by atoms with van der Waals surface area (Å²) in [6.45, 7) is 0.883. The zero-order chi connectivity index (χ0) is 17.8. The lowest BCUT2D eigenvalue weighted by Crippen LogP contribution is -2.07. The molecule has 0 bridgehead atoms. The van der Waals surface area contributed by atoms with Gasteiger partial charge in [0.15, 0.2) is 0 Å². The summed E-state index contributed by atoms with van der Waals surface area (Å²) in [6, 6.07) is 7.32. The molecule has 0 radical (unpaired) electrons. The van der Waals surface area contributed by atoms with Crippen molar-refractivity contribution in [2.45, 2.75) is 25.8 Å². The summed E-state index contributed by atoms with van der Waals surface area (Å²) in [5.74, 6) is -0.239. The molecule has 5 rings (SSSR count). The van der Waals surface area contributed by atoms with E-state index in [1.165, 1.54) is 12.8 Å². The van der Waals surface area contributed by atoms with Gasteiger partial charge < -0.3 is 5.11 Å². The van der Waals surface area contributed by atoms with Crippen LogP contribution in [-0.2, 0) is 13.0 Å². The van der Waals surface area contributed by atoms with E-state index in [0.717, 1.165) is 40.0 Å². The van der Waals surface area contributed by atoms with Crippen LogP contribution in [0.3, 0.4) is 0 Å². The molecule has 2 heterocycles. The molecule has 2 aliphatic carbocycles. The summed E-state index contributed by atoms with van der Waals surface area (Å²) in [5, 5.41) is 16.0. The van der Waals surface area contributed by atoms with Gasteiger partial charge in [-0.1, -0.05) is 11.6 Å². The van der Waals surface area contributed by atoms with E-state index >= 15 is 0 Å². The topological polar surface area (TPSA) is 68.0 Å². The summed E-state index contributed by atoms with van der Waals surface area (Å²) in [5.41, 5.74) is 4.82. The Kier molecular flexibility index (Phi) is 3.40. The number of pyridine rings is 1. The predicted octanol–water partition coefficient (Wildman–Crippen LogP) is 4.29. The number of carboxylic acid groups (broad SMARTS) is 1. The number of halogens is 1. The average molecular weight is 366 g/mol. The van der Waals surface area contributed by atoms with Crippen LogP contribution in [0.4, 0.5) is 0 Å². The van der Waals surface area contributed by atoms with E-state index in [-0.39, 0.29) is 0 Å². The lowest BCUT2D eigenvalue weighted by Gasteiger charge is -2.09. The molecular weight excluding hydrogens is 350 g/mol. The summed E-state index contributed by atoms with van der Waals surface area (Å²) < 4.78 is 2.07. The van der Waals surface area contributed by atoms with Crippen molar-refractivity contribution in [2.75, 3.05) is 0 Å². The summed E-state index contributed by atoms with van der Waals surface area (Å²) in [6.07, 6.45) is 6.58. The van der Waals surface area contributed by atoms with Crippen LogP contribution < -0.4 is 0 Å². The van der Waals surface area contributed by atoms with E-state index in [9.17, 15) is 9.90 Å². The predicted molar refractivity (Wildman–Crippen MR) is 100 cm³/mol. The van der Waals surface area contributed by atoms with Crippen molar-refractivity contribution in [2.24, 2.45) is 5.92 Å². The fraction of sp³-hybridized carbons (Fsp3) is 0.250. The van der Waals surface area contributed by atoms with Gasteiger partial charge in [-0.05, 0) is 60.2 Å². The first-order chi connectivity index (χ1) is 12.6. The number of aromatic carboxylic acids is 1. The van der Waals surface area contributed by atoms with Gasteiger partial charge in [-0.2, -0.15) is 5.10 Å². The van der Waals surface area contributed by atoms with Crippen molar-refractivity contribution < 1.29 is 9.90 Å². The molecule has 1 N–H and O–H groups in total. The molecular formula is C20H16ClN3O2. The first-order valence-electron chi connectivity index (χ1n) is 8.68. The fourth-order valence-electron chi connectivity index (χ4n) is 3.70. The minimum atomic E-state index is -0.915. The van der Waals surface area contributed by atoms with Crippen molar-refractivity contribution in [3.05, 3.63) is 58.0 Å². The molecule has 0 saturated heterocycles. The Bertz CT molecular complexity index is 1100. The van der Waals surface area contributed by atoms with Crippen LogP contribution in [0.5, 0.6) is 0 Å². The van der Waals surface area contributed by atoms with Gasteiger partial charge in [0.2, 0.25) is 0 Å². The van der Waals surface area contributed by atoms with Gasteiger partial charge in [0.05, 0.1) is 22.5 Å².